The third-order valence-corrected chi connectivity index (χ3v) is 6.61. The maximum absolute atomic E-state index is 13.3. The van der Waals surface area contributed by atoms with Gasteiger partial charge in [0.2, 0.25) is 0 Å². The van der Waals surface area contributed by atoms with Crippen LogP contribution >= 0.6 is 0 Å². The zero-order valence-corrected chi connectivity index (χ0v) is 19.8. The second-order valence-corrected chi connectivity index (χ2v) is 8.97. The molecule has 37 heavy (non-hydrogen) atoms. The molecule has 1 saturated heterocycles. The third kappa shape index (κ3) is 4.37. The number of alkyl halides is 2. The Morgan fingerprint density at radius 1 is 1.32 bits per heavy atom. The summed E-state index contributed by atoms with van der Waals surface area (Å²) in [5.74, 6) is -0.531. The largest absolute Gasteiger partial charge is 0.434 e. The predicted molar refractivity (Wildman–Crippen MR) is 131 cm³/mol. The minimum Gasteiger partial charge on any atom is -0.434 e. The SMILES string of the molecule is CN1CCCC1Cn1cc(NC(=O)c2cnn3cccnc23)c(-c2cc3cn[nH]c3cc2OC(F)F)n1. The molecule has 1 atom stereocenters. The van der Waals surface area contributed by atoms with E-state index in [1.165, 1.54) is 16.8 Å². The van der Waals surface area contributed by atoms with Crippen molar-refractivity contribution in [3.63, 3.8) is 0 Å². The summed E-state index contributed by atoms with van der Waals surface area (Å²) in [7, 11) is 2.06. The van der Waals surface area contributed by atoms with E-state index in [9.17, 15) is 13.6 Å². The van der Waals surface area contributed by atoms with E-state index in [1.54, 1.807) is 41.6 Å². The quantitative estimate of drug-likeness (QED) is 0.347. The van der Waals surface area contributed by atoms with E-state index >= 15 is 0 Å². The van der Waals surface area contributed by atoms with Crippen molar-refractivity contribution in [3.05, 3.63) is 54.7 Å². The molecule has 190 valence electrons. The van der Waals surface area contributed by atoms with E-state index in [4.69, 9.17) is 9.84 Å². The van der Waals surface area contributed by atoms with E-state index in [0.717, 1.165) is 19.4 Å². The van der Waals surface area contributed by atoms with Gasteiger partial charge in [-0.2, -0.15) is 24.1 Å². The smallest absolute Gasteiger partial charge is 0.387 e. The van der Waals surface area contributed by atoms with Gasteiger partial charge in [-0.25, -0.2) is 9.50 Å². The van der Waals surface area contributed by atoms with Crippen molar-refractivity contribution in [1.29, 1.82) is 0 Å². The van der Waals surface area contributed by atoms with Crippen molar-refractivity contribution in [2.45, 2.75) is 32.0 Å². The molecular formula is C24H23F2N9O2. The monoisotopic (exact) mass is 507 g/mol. The highest BCUT2D eigenvalue weighted by Crippen LogP contribution is 2.38. The number of likely N-dealkylation sites (tertiary alicyclic amines) is 1. The minimum atomic E-state index is -3.05. The van der Waals surface area contributed by atoms with Crippen LogP contribution in [0.4, 0.5) is 14.5 Å². The van der Waals surface area contributed by atoms with Gasteiger partial charge < -0.3 is 15.0 Å². The number of H-pyrrole nitrogens is 1. The second-order valence-electron chi connectivity index (χ2n) is 8.97. The van der Waals surface area contributed by atoms with Crippen molar-refractivity contribution in [2.24, 2.45) is 0 Å². The lowest BCUT2D eigenvalue weighted by Crippen LogP contribution is -2.29. The molecule has 4 aromatic heterocycles. The normalized spacial score (nSPS) is 16.3. The Morgan fingerprint density at radius 3 is 3.03 bits per heavy atom. The Bertz CT molecular complexity index is 1590. The van der Waals surface area contributed by atoms with E-state index in [0.29, 0.717) is 40.0 Å². The van der Waals surface area contributed by atoms with Crippen molar-refractivity contribution in [1.82, 2.24) is 39.5 Å². The van der Waals surface area contributed by atoms with E-state index in [1.807, 2.05) is 0 Å². The number of halogens is 2. The molecular weight excluding hydrogens is 484 g/mol. The first-order valence-corrected chi connectivity index (χ1v) is 11.8. The van der Waals surface area contributed by atoms with Gasteiger partial charge in [0, 0.05) is 41.6 Å². The van der Waals surface area contributed by atoms with Gasteiger partial charge >= 0.3 is 6.61 Å². The second kappa shape index (κ2) is 9.24. The molecule has 0 aliphatic carbocycles. The van der Waals surface area contributed by atoms with Crippen LogP contribution in [0, 0.1) is 0 Å². The zero-order valence-electron chi connectivity index (χ0n) is 19.8. The molecule has 1 amide bonds. The third-order valence-electron chi connectivity index (χ3n) is 6.61. The number of carbonyl (C=O) groups is 1. The van der Waals surface area contributed by atoms with Crippen LogP contribution in [0.1, 0.15) is 23.2 Å². The lowest BCUT2D eigenvalue weighted by atomic mass is 10.1. The molecule has 1 aliphatic heterocycles. The lowest BCUT2D eigenvalue weighted by Gasteiger charge is -2.18. The number of amides is 1. The Labute approximate surface area is 209 Å². The van der Waals surface area contributed by atoms with E-state index < -0.39 is 12.5 Å². The maximum Gasteiger partial charge on any atom is 0.387 e. The Hall–Kier alpha value is -4.39. The number of fused-ring (bicyclic) bond motifs is 2. The molecule has 6 rings (SSSR count). The lowest BCUT2D eigenvalue weighted by molar-refractivity contribution is -0.0493. The van der Waals surface area contributed by atoms with Crippen LogP contribution < -0.4 is 10.1 Å². The number of nitrogens with zero attached hydrogens (tertiary/aromatic N) is 7. The fourth-order valence-corrected chi connectivity index (χ4v) is 4.76. The first kappa shape index (κ1) is 23.0. The minimum absolute atomic E-state index is 0.0804. The number of hydrogen-bond acceptors (Lipinski definition) is 7. The molecule has 11 nitrogen and oxygen atoms in total. The van der Waals surface area contributed by atoms with Crippen LogP contribution in [0.2, 0.25) is 0 Å². The number of nitrogens with one attached hydrogen (secondary N) is 2. The summed E-state index contributed by atoms with van der Waals surface area (Å²) >= 11 is 0. The zero-order chi connectivity index (χ0) is 25.5. The molecule has 0 radical (unpaired) electrons. The molecule has 1 aliphatic rings. The molecule has 0 spiro atoms. The van der Waals surface area contributed by atoms with Gasteiger partial charge in [0.15, 0.2) is 5.65 Å². The summed E-state index contributed by atoms with van der Waals surface area (Å²) in [6.45, 7) is -1.47. The average Bonchev–Trinajstić information content (AvgIpc) is 3.66. The number of carbonyl (C=O) groups excluding carboxylic acids is 1. The summed E-state index contributed by atoms with van der Waals surface area (Å²) in [4.78, 5) is 19.8. The highest BCUT2D eigenvalue weighted by molar-refractivity contribution is 6.09. The first-order valence-electron chi connectivity index (χ1n) is 11.8. The molecule has 1 unspecified atom stereocenters. The van der Waals surface area contributed by atoms with Crippen molar-refractivity contribution in [2.75, 3.05) is 18.9 Å². The van der Waals surface area contributed by atoms with Crippen LogP contribution in [0.5, 0.6) is 5.75 Å². The number of hydrogen-bond donors (Lipinski definition) is 2. The van der Waals surface area contributed by atoms with Crippen LogP contribution in [0.15, 0.2) is 49.2 Å². The Balaban J connectivity index is 1.43. The van der Waals surface area contributed by atoms with Gasteiger partial charge in [0.05, 0.1) is 30.1 Å². The predicted octanol–water partition coefficient (Wildman–Crippen LogP) is 3.42. The van der Waals surface area contributed by atoms with Crippen LogP contribution in [0.3, 0.4) is 0 Å². The topological polar surface area (TPSA) is 118 Å². The van der Waals surface area contributed by atoms with Gasteiger partial charge in [-0.1, -0.05) is 0 Å². The standard InChI is InChI=1S/C24H23F2N9O2/c1-33-6-2-4-15(33)12-34-13-19(30-23(36)17-11-29-35-7-3-5-27-22(17)35)21(32-34)16-8-14-10-28-31-18(14)9-20(16)37-24(25)26/h3,5,7-11,13,15,24H,2,4,6,12H2,1H3,(H,28,31)(H,30,36). The number of aromatic amines is 1. The Morgan fingerprint density at radius 2 is 2.22 bits per heavy atom. The molecule has 1 fully saturated rings. The van der Waals surface area contributed by atoms with Gasteiger partial charge in [-0.15, -0.1) is 0 Å². The van der Waals surface area contributed by atoms with Crippen molar-refractivity contribution >= 4 is 28.1 Å². The van der Waals surface area contributed by atoms with E-state index in [2.05, 4.69) is 37.5 Å². The molecule has 5 aromatic rings. The molecule has 0 saturated carbocycles. The number of aromatic nitrogens is 7. The van der Waals surface area contributed by atoms with Gasteiger partial charge in [-0.3, -0.25) is 14.6 Å². The van der Waals surface area contributed by atoms with Crippen LogP contribution in [-0.4, -0.2) is 71.6 Å². The summed E-state index contributed by atoms with van der Waals surface area (Å²) in [5.41, 5.74) is 2.16. The number of likely N-dealkylation sites (N-methyl/N-ethyl adjacent to an activating group) is 1. The number of ether oxygens (including phenoxy) is 1. The molecule has 2 N–H and O–H groups in total. The Kier molecular flexibility index (Phi) is 5.75. The van der Waals surface area contributed by atoms with Crippen LogP contribution in [0.25, 0.3) is 27.8 Å². The molecule has 0 bridgehead atoms. The highest BCUT2D eigenvalue weighted by Gasteiger charge is 2.25. The fraction of sp³-hybridized carbons (Fsp3) is 0.292. The van der Waals surface area contributed by atoms with E-state index in [-0.39, 0.29) is 17.4 Å². The molecule has 1 aromatic carbocycles. The number of anilines is 1. The average molecular weight is 508 g/mol. The molecule has 5 heterocycles. The maximum atomic E-state index is 13.3. The number of rotatable bonds is 7. The van der Waals surface area contributed by atoms with Gasteiger partial charge in [0.25, 0.3) is 5.91 Å². The first-order chi connectivity index (χ1) is 18.0. The van der Waals surface area contributed by atoms with Crippen molar-refractivity contribution < 1.29 is 18.3 Å². The van der Waals surface area contributed by atoms with Gasteiger partial charge in [-0.05, 0) is 38.6 Å². The summed E-state index contributed by atoms with van der Waals surface area (Å²) in [6.07, 6.45) is 10.1. The molecule has 13 heteroatoms. The van der Waals surface area contributed by atoms with Crippen molar-refractivity contribution in [3.8, 4) is 17.0 Å². The summed E-state index contributed by atoms with van der Waals surface area (Å²) in [5, 5.41) is 19.2. The highest BCUT2D eigenvalue weighted by atomic mass is 19.3. The number of benzene rings is 1. The van der Waals surface area contributed by atoms with Gasteiger partial charge in [0.1, 0.15) is 17.0 Å². The summed E-state index contributed by atoms with van der Waals surface area (Å²) < 4.78 is 34.8. The summed E-state index contributed by atoms with van der Waals surface area (Å²) in [6, 6.07) is 5.10. The fourth-order valence-electron chi connectivity index (χ4n) is 4.76. The van der Waals surface area contributed by atoms with Crippen LogP contribution in [-0.2, 0) is 6.54 Å².